The van der Waals surface area contributed by atoms with Crippen molar-refractivity contribution in [2.45, 2.75) is 19.9 Å². The monoisotopic (exact) mass is 391 g/mol. The Kier molecular flexibility index (Phi) is 8.03. The molecule has 2 aromatic rings. The predicted molar refractivity (Wildman–Crippen MR) is 105 cm³/mol. The van der Waals surface area contributed by atoms with Crippen LogP contribution in [0.4, 0.5) is 11.4 Å². The van der Waals surface area contributed by atoms with Crippen LogP contribution in [0.15, 0.2) is 42.5 Å². The van der Waals surface area contributed by atoms with Crippen molar-refractivity contribution in [3.63, 3.8) is 0 Å². The van der Waals surface area contributed by atoms with Crippen molar-refractivity contribution in [2.24, 2.45) is 0 Å². The first-order chi connectivity index (χ1) is 13.0. The van der Waals surface area contributed by atoms with Gasteiger partial charge in [0.1, 0.15) is 5.69 Å². The summed E-state index contributed by atoms with van der Waals surface area (Å²) in [5, 5.41) is 17.7. The Hall–Kier alpha value is -2.64. The van der Waals surface area contributed by atoms with Gasteiger partial charge in [0.2, 0.25) is 0 Å². The summed E-state index contributed by atoms with van der Waals surface area (Å²) >= 11 is 6.10. The molecule has 2 aromatic carbocycles. The lowest BCUT2D eigenvalue weighted by Gasteiger charge is -2.10. The number of amides is 1. The maximum atomic E-state index is 12.2. The predicted octanol–water partition coefficient (Wildman–Crippen LogP) is 4.02. The Balaban J connectivity index is 2.04. The van der Waals surface area contributed by atoms with E-state index in [-0.39, 0.29) is 17.2 Å². The number of anilines is 1. The summed E-state index contributed by atoms with van der Waals surface area (Å²) in [5.74, 6) is -0.354. The van der Waals surface area contributed by atoms with E-state index in [1.807, 2.05) is 25.1 Å². The minimum absolute atomic E-state index is 0.163. The highest BCUT2D eigenvalue weighted by Gasteiger charge is 2.17. The highest BCUT2D eigenvalue weighted by Crippen LogP contribution is 2.27. The summed E-state index contributed by atoms with van der Waals surface area (Å²) < 4.78 is 5.20. The van der Waals surface area contributed by atoms with Crippen LogP contribution in [0.1, 0.15) is 29.3 Å². The Morgan fingerprint density at radius 2 is 2.04 bits per heavy atom. The largest absolute Gasteiger partial charge is 0.382 e. The van der Waals surface area contributed by atoms with Crippen molar-refractivity contribution >= 4 is 28.9 Å². The molecular formula is C19H22ClN3O4. The van der Waals surface area contributed by atoms with Crippen LogP contribution in [0, 0.1) is 10.1 Å². The van der Waals surface area contributed by atoms with Gasteiger partial charge in [0.05, 0.1) is 4.92 Å². The lowest BCUT2D eigenvalue weighted by Crippen LogP contribution is -2.25. The maximum absolute atomic E-state index is 12.2. The summed E-state index contributed by atoms with van der Waals surface area (Å²) in [6.07, 6.45) is 0.680. The second kappa shape index (κ2) is 10.5. The van der Waals surface area contributed by atoms with Crippen LogP contribution in [0.25, 0.3) is 0 Å². The quantitative estimate of drug-likeness (QED) is 0.362. The molecule has 0 radical (unpaired) electrons. The normalized spacial score (nSPS) is 10.4. The third-order valence-electron chi connectivity index (χ3n) is 3.84. The van der Waals surface area contributed by atoms with Crippen molar-refractivity contribution in [3.05, 3.63) is 68.7 Å². The number of carbonyl (C=O) groups is 1. The van der Waals surface area contributed by atoms with E-state index in [4.69, 9.17) is 16.3 Å². The number of nitro groups is 1. The first-order valence-electron chi connectivity index (χ1n) is 8.64. The van der Waals surface area contributed by atoms with Gasteiger partial charge >= 0.3 is 0 Å². The first-order valence-corrected chi connectivity index (χ1v) is 9.02. The minimum atomic E-state index is -0.513. The number of nitrogens with zero attached hydrogens (tertiary/aromatic N) is 1. The Morgan fingerprint density at radius 1 is 1.26 bits per heavy atom. The van der Waals surface area contributed by atoms with Gasteiger partial charge in [-0.15, -0.1) is 0 Å². The van der Waals surface area contributed by atoms with Crippen LogP contribution in [-0.4, -0.2) is 30.6 Å². The number of benzene rings is 2. The number of hydrogen-bond acceptors (Lipinski definition) is 5. The molecule has 27 heavy (non-hydrogen) atoms. The summed E-state index contributed by atoms with van der Waals surface area (Å²) in [6, 6.07) is 11.6. The first kappa shape index (κ1) is 20.7. The van der Waals surface area contributed by atoms with Crippen LogP contribution >= 0.6 is 11.6 Å². The fourth-order valence-electron chi connectivity index (χ4n) is 2.43. The Labute approximate surface area is 162 Å². The fraction of sp³-hybridized carbons (Fsp3) is 0.316. The second-order valence-electron chi connectivity index (χ2n) is 5.74. The minimum Gasteiger partial charge on any atom is -0.382 e. The van der Waals surface area contributed by atoms with E-state index in [0.29, 0.717) is 43.4 Å². The molecule has 8 heteroatoms. The summed E-state index contributed by atoms with van der Waals surface area (Å²) in [6.45, 7) is 3.87. The molecule has 0 saturated heterocycles. The van der Waals surface area contributed by atoms with Crippen molar-refractivity contribution in [1.82, 2.24) is 5.32 Å². The zero-order valence-corrected chi connectivity index (χ0v) is 15.8. The Bertz CT molecular complexity index is 798. The Morgan fingerprint density at radius 3 is 2.74 bits per heavy atom. The molecule has 144 valence electrons. The standard InChI is InChI=1S/C19H22ClN3O4/c1-2-27-11-5-10-21-19(24)14-8-9-17(18(12-14)23(25)26)22-13-15-6-3-4-7-16(15)20/h3-4,6-9,12,22H,2,5,10-11,13H2,1H3,(H,21,24). The van der Waals surface area contributed by atoms with E-state index >= 15 is 0 Å². The number of carbonyl (C=O) groups excluding carboxylic acids is 1. The molecule has 0 bridgehead atoms. The van der Waals surface area contributed by atoms with E-state index < -0.39 is 4.92 Å². The van der Waals surface area contributed by atoms with Gasteiger partial charge in [0.15, 0.2) is 0 Å². The smallest absolute Gasteiger partial charge is 0.293 e. The van der Waals surface area contributed by atoms with Crippen LogP contribution in [0.3, 0.4) is 0 Å². The summed E-state index contributed by atoms with van der Waals surface area (Å²) in [4.78, 5) is 23.1. The molecule has 0 aromatic heterocycles. The van der Waals surface area contributed by atoms with Crippen molar-refractivity contribution in [1.29, 1.82) is 0 Å². The van der Waals surface area contributed by atoms with Crippen LogP contribution < -0.4 is 10.6 Å². The lowest BCUT2D eigenvalue weighted by atomic mass is 10.1. The SMILES string of the molecule is CCOCCCNC(=O)c1ccc(NCc2ccccc2Cl)c([N+](=O)[O-])c1. The molecule has 7 nitrogen and oxygen atoms in total. The fourth-order valence-corrected chi connectivity index (χ4v) is 2.63. The summed E-state index contributed by atoms with van der Waals surface area (Å²) in [7, 11) is 0. The molecule has 0 saturated carbocycles. The molecule has 0 heterocycles. The van der Waals surface area contributed by atoms with Crippen molar-refractivity contribution in [2.75, 3.05) is 25.1 Å². The highest BCUT2D eigenvalue weighted by molar-refractivity contribution is 6.31. The molecular weight excluding hydrogens is 370 g/mol. The molecule has 0 aliphatic rings. The van der Waals surface area contributed by atoms with Gasteiger partial charge in [-0.05, 0) is 37.1 Å². The van der Waals surface area contributed by atoms with Crippen LogP contribution in [-0.2, 0) is 11.3 Å². The van der Waals surface area contributed by atoms with E-state index in [2.05, 4.69) is 10.6 Å². The molecule has 0 fully saturated rings. The average molecular weight is 392 g/mol. The molecule has 2 N–H and O–H groups in total. The van der Waals surface area contributed by atoms with Crippen LogP contribution in [0.2, 0.25) is 5.02 Å². The van der Waals surface area contributed by atoms with E-state index in [0.717, 1.165) is 5.56 Å². The van der Waals surface area contributed by atoms with Gasteiger partial charge in [-0.1, -0.05) is 29.8 Å². The van der Waals surface area contributed by atoms with Gasteiger partial charge in [-0.25, -0.2) is 0 Å². The third-order valence-corrected chi connectivity index (χ3v) is 4.21. The van der Waals surface area contributed by atoms with Crippen LogP contribution in [0.5, 0.6) is 0 Å². The van der Waals surface area contributed by atoms with Gasteiger partial charge in [0, 0.05) is 43.0 Å². The maximum Gasteiger partial charge on any atom is 0.293 e. The van der Waals surface area contributed by atoms with Gasteiger partial charge in [-0.3, -0.25) is 14.9 Å². The van der Waals surface area contributed by atoms with Gasteiger partial charge in [-0.2, -0.15) is 0 Å². The molecule has 0 spiro atoms. The van der Waals surface area contributed by atoms with Gasteiger partial charge in [0.25, 0.3) is 11.6 Å². The number of ether oxygens (including phenoxy) is 1. The second-order valence-corrected chi connectivity index (χ2v) is 6.15. The zero-order chi connectivity index (χ0) is 19.6. The average Bonchev–Trinajstić information content (AvgIpc) is 2.67. The van der Waals surface area contributed by atoms with E-state index in [9.17, 15) is 14.9 Å². The molecule has 0 unspecified atom stereocenters. The topological polar surface area (TPSA) is 93.5 Å². The lowest BCUT2D eigenvalue weighted by molar-refractivity contribution is -0.384. The zero-order valence-electron chi connectivity index (χ0n) is 15.0. The van der Waals surface area contributed by atoms with E-state index in [1.54, 1.807) is 12.1 Å². The number of hydrogen-bond donors (Lipinski definition) is 2. The molecule has 2 rings (SSSR count). The highest BCUT2D eigenvalue weighted by atomic mass is 35.5. The number of rotatable bonds is 10. The number of halogens is 1. The van der Waals surface area contributed by atoms with Crippen molar-refractivity contribution < 1.29 is 14.5 Å². The van der Waals surface area contributed by atoms with Gasteiger partial charge < -0.3 is 15.4 Å². The van der Waals surface area contributed by atoms with E-state index in [1.165, 1.54) is 12.1 Å². The van der Waals surface area contributed by atoms with Crippen molar-refractivity contribution in [3.8, 4) is 0 Å². The molecule has 0 aliphatic heterocycles. The summed E-state index contributed by atoms with van der Waals surface area (Å²) in [5.41, 5.74) is 1.22. The molecule has 0 atom stereocenters. The number of nitrogens with one attached hydrogen (secondary N) is 2. The molecule has 0 aliphatic carbocycles. The number of nitro benzene ring substituents is 1. The third kappa shape index (κ3) is 6.23. The molecule has 1 amide bonds.